The molecule has 1 amide bonds. The molecular weight excluding hydrogens is 492 g/mol. The minimum absolute atomic E-state index is 0.00423. The maximum Gasteiger partial charge on any atom is 0.338 e. The van der Waals surface area contributed by atoms with E-state index in [-0.39, 0.29) is 37.1 Å². The minimum atomic E-state index is -0.808. The number of amides is 1. The zero-order valence-corrected chi connectivity index (χ0v) is 21.3. The molecule has 2 aromatic carbocycles. The molecule has 1 aliphatic heterocycles. The first-order chi connectivity index (χ1) is 18.0. The van der Waals surface area contributed by atoms with Gasteiger partial charge in [0.2, 0.25) is 5.91 Å². The van der Waals surface area contributed by atoms with Crippen molar-refractivity contribution in [2.45, 2.75) is 63.3 Å². The molecule has 0 unspecified atom stereocenters. The number of β-amino-alcohol motifs (C(OH)–C–C–N with tert-alkyl or cyclic N) is 1. The molecule has 0 spiro atoms. The first kappa shape index (κ1) is 25.4. The first-order valence-electron chi connectivity index (χ1n) is 12.9. The Labute approximate surface area is 221 Å². The second-order valence-corrected chi connectivity index (χ2v) is 10.3. The van der Waals surface area contributed by atoms with Gasteiger partial charge in [-0.15, -0.1) is 5.10 Å². The molecule has 37 heavy (non-hydrogen) atoms. The van der Waals surface area contributed by atoms with Gasteiger partial charge < -0.3 is 14.7 Å². The Kier molecular flexibility index (Phi) is 7.86. The van der Waals surface area contributed by atoms with Crippen LogP contribution in [0, 0.1) is 5.92 Å². The molecule has 194 valence electrons. The molecule has 1 saturated carbocycles. The molecule has 0 bridgehead atoms. The number of aliphatic hydroxyl groups is 1. The van der Waals surface area contributed by atoms with Gasteiger partial charge in [-0.25, -0.2) is 9.48 Å². The molecule has 1 saturated heterocycles. The van der Waals surface area contributed by atoms with E-state index >= 15 is 0 Å². The summed E-state index contributed by atoms with van der Waals surface area (Å²) in [6.07, 6.45) is 6.47. The molecule has 2 aliphatic rings. The lowest BCUT2D eigenvalue weighted by Gasteiger charge is -2.44. The predicted octanol–water partition coefficient (Wildman–Crippen LogP) is 4.74. The average molecular weight is 523 g/mol. The van der Waals surface area contributed by atoms with E-state index in [1.165, 1.54) is 6.42 Å². The Bertz CT molecular complexity index is 1210. The number of hydrogen-bond donors (Lipinski definition) is 1. The number of carbonyl (C=O) groups is 2. The Hall–Kier alpha value is -3.23. The largest absolute Gasteiger partial charge is 0.455 e. The Morgan fingerprint density at radius 2 is 1.76 bits per heavy atom. The smallest absolute Gasteiger partial charge is 0.338 e. The third kappa shape index (κ3) is 5.86. The van der Waals surface area contributed by atoms with E-state index in [0.29, 0.717) is 22.7 Å². The van der Waals surface area contributed by atoms with Crippen molar-refractivity contribution in [3.05, 3.63) is 82.6 Å². The van der Waals surface area contributed by atoms with Crippen LogP contribution in [0.4, 0.5) is 0 Å². The van der Waals surface area contributed by atoms with Gasteiger partial charge in [0.15, 0.2) is 0 Å². The standard InChI is InChI=1S/C28H31ClN4O4/c29-22-13-11-19(12-14-22)24-15-25(26(34)17-32(24)27(35)20-7-3-1-4-8-20)33-16-23(30-31-33)18-37-28(36)21-9-5-2-6-10-21/h2,5-6,9-14,16,20,24-26,34H,1,3-4,7-8,15,17-18H2/t24-,25-,26-/m1/s1. The molecule has 2 heterocycles. The molecule has 1 N–H and O–H groups in total. The van der Waals surface area contributed by atoms with Gasteiger partial charge in [-0.3, -0.25) is 4.79 Å². The van der Waals surface area contributed by atoms with Crippen molar-refractivity contribution >= 4 is 23.5 Å². The summed E-state index contributed by atoms with van der Waals surface area (Å²) in [5.41, 5.74) is 1.92. The number of hydrogen-bond acceptors (Lipinski definition) is 6. The Balaban J connectivity index is 1.32. The highest BCUT2D eigenvalue weighted by Crippen LogP contribution is 2.39. The number of benzene rings is 2. The van der Waals surface area contributed by atoms with E-state index < -0.39 is 12.1 Å². The highest BCUT2D eigenvalue weighted by Gasteiger charge is 2.41. The Morgan fingerprint density at radius 1 is 1.03 bits per heavy atom. The van der Waals surface area contributed by atoms with Gasteiger partial charge in [-0.1, -0.05) is 66.4 Å². The van der Waals surface area contributed by atoms with Crippen LogP contribution >= 0.6 is 11.6 Å². The van der Waals surface area contributed by atoms with Crippen molar-refractivity contribution in [3.63, 3.8) is 0 Å². The number of carbonyl (C=O) groups excluding carboxylic acids is 2. The normalized spacial score (nSPS) is 22.5. The number of halogens is 1. The fraction of sp³-hybridized carbons (Fsp3) is 0.429. The molecule has 3 aromatic rings. The lowest BCUT2D eigenvalue weighted by atomic mass is 9.85. The third-order valence-electron chi connectivity index (χ3n) is 7.42. The van der Waals surface area contributed by atoms with E-state index in [2.05, 4.69) is 10.3 Å². The van der Waals surface area contributed by atoms with Crippen molar-refractivity contribution in [1.29, 1.82) is 0 Å². The molecular formula is C28H31ClN4O4. The number of ether oxygens (including phenoxy) is 1. The van der Waals surface area contributed by atoms with Gasteiger partial charge >= 0.3 is 5.97 Å². The van der Waals surface area contributed by atoms with Crippen LogP contribution < -0.4 is 0 Å². The molecule has 1 aromatic heterocycles. The lowest BCUT2D eigenvalue weighted by molar-refractivity contribution is -0.145. The average Bonchev–Trinajstić information content (AvgIpc) is 3.41. The van der Waals surface area contributed by atoms with Gasteiger partial charge in [0.1, 0.15) is 12.3 Å². The third-order valence-corrected chi connectivity index (χ3v) is 7.67. The summed E-state index contributed by atoms with van der Waals surface area (Å²) < 4.78 is 7.00. The predicted molar refractivity (Wildman–Crippen MR) is 138 cm³/mol. The number of likely N-dealkylation sites (tertiary alicyclic amines) is 1. The van der Waals surface area contributed by atoms with Crippen LogP contribution in [0.15, 0.2) is 60.8 Å². The van der Waals surface area contributed by atoms with Crippen molar-refractivity contribution in [3.8, 4) is 0 Å². The van der Waals surface area contributed by atoms with E-state index in [4.69, 9.17) is 16.3 Å². The first-order valence-corrected chi connectivity index (χ1v) is 13.2. The topological polar surface area (TPSA) is 97.5 Å². The second kappa shape index (κ2) is 11.4. The number of aliphatic hydroxyl groups excluding tert-OH is 1. The summed E-state index contributed by atoms with van der Waals surface area (Å²) in [7, 11) is 0. The zero-order chi connectivity index (χ0) is 25.8. The van der Waals surface area contributed by atoms with E-state index in [1.807, 2.05) is 35.2 Å². The van der Waals surface area contributed by atoms with Gasteiger partial charge in [0, 0.05) is 17.5 Å². The molecule has 2 fully saturated rings. The SMILES string of the molecule is O=C(OCc1cn([C@@H]2C[C@H](c3ccc(Cl)cc3)N(C(=O)C3CCCCC3)C[C@H]2O)nn1)c1ccccc1. The summed E-state index contributed by atoms with van der Waals surface area (Å²) in [5, 5.41) is 20.2. The molecule has 3 atom stereocenters. The maximum absolute atomic E-state index is 13.6. The second-order valence-electron chi connectivity index (χ2n) is 9.90. The molecule has 9 heteroatoms. The number of aromatic nitrogens is 3. The van der Waals surface area contributed by atoms with Crippen LogP contribution in [-0.2, 0) is 16.1 Å². The minimum Gasteiger partial charge on any atom is -0.455 e. The van der Waals surface area contributed by atoms with Crippen LogP contribution in [0.5, 0.6) is 0 Å². The lowest BCUT2D eigenvalue weighted by Crippen LogP contribution is -2.51. The summed E-state index contributed by atoms with van der Waals surface area (Å²) in [6, 6.07) is 15.7. The van der Waals surface area contributed by atoms with Crippen molar-refractivity contribution in [1.82, 2.24) is 19.9 Å². The summed E-state index contributed by atoms with van der Waals surface area (Å²) in [6.45, 7) is 0.189. The zero-order valence-electron chi connectivity index (χ0n) is 20.6. The van der Waals surface area contributed by atoms with Crippen molar-refractivity contribution in [2.24, 2.45) is 5.92 Å². The van der Waals surface area contributed by atoms with E-state index in [0.717, 1.165) is 31.2 Å². The van der Waals surface area contributed by atoms with E-state index in [9.17, 15) is 14.7 Å². The summed E-state index contributed by atoms with van der Waals surface area (Å²) >= 11 is 6.13. The van der Waals surface area contributed by atoms with Crippen molar-refractivity contribution in [2.75, 3.05) is 6.54 Å². The van der Waals surface area contributed by atoms with Crippen molar-refractivity contribution < 1.29 is 19.4 Å². The highest BCUT2D eigenvalue weighted by molar-refractivity contribution is 6.30. The monoisotopic (exact) mass is 522 g/mol. The fourth-order valence-corrected chi connectivity index (χ4v) is 5.54. The summed E-state index contributed by atoms with van der Waals surface area (Å²) in [4.78, 5) is 27.7. The van der Waals surface area contributed by atoms with Crippen LogP contribution in [0.25, 0.3) is 0 Å². The number of piperidine rings is 1. The van der Waals surface area contributed by atoms with Gasteiger partial charge in [-0.2, -0.15) is 0 Å². The number of esters is 1. The van der Waals surface area contributed by atoms with Gasteiger partial charge in [0.05, 0.1) is 29.9 Å². The van der Waals surface area contributed by atoms with Crippen LogP contribution in [-0.4, -0.2) is 49.5 Å². The van der Waals surface area contributed by atoms with Gasteiger partial charge in [-0.05, 0) is 49.1 Å². The molecule has 0 radical (unpaired) electrons. The van der Waals surface area contributed by atoms with Crippen LogP contribution in [0.2, 0.25) is 5.02 Å². The summed E-state index contributed by atoms with van der Waals surface area (Å²) in [5.74, 6) is -0.318. The number of rotatable bonds is 6. The quantitative estimate of drug-likeness (QED) is 0.469. The number of nitrogens with zero attached hydrogens (tertiary/aromatic N) is 4. The molecule has 5 rings (SSSR count). The maximum atomic E-state index is 13.6. The fourth-order valence-electron chi connectivity index (χ4n) is 5.42. The van der Waals surface area contributed by atoms with Gasteiger partial charge in [0.25, 0.3) is 0 Å². The van der Waals surface area contributed by atoms with E-state index in [1.54, 1.807) is 35.1 Å². The molecule has 8 nitrogen and oxygen atoms in total. The van der Waals surface area contributed by atoms with Crippen LogP contribution in [0.1, 0.15) is 72.2 Å². The molecule has 1 aliphatic carbocycles. The Morgan fingerprint density at radius 3 is 2.49 bits per heavy atom. The van der Waals surface area contributed by atoms with Crippen LogP contribution in [0.3, 0.4) is 0 Å². The highest BCUT2D eigenvalue weighted by atomic mass is 35.5.